The van der Waals surface area contributed by atoms with Gasteiger partial charge in [0.15, 0.2) is 5.96 Å². The molecule has 0 atom stereocenters. The second-order valence-corrected chi connectivity index (χ2v) is 5.11. The van der Waals surface area contributed by atoms with Crippen LogP contribution in [0.3, 0.4) is 0 Å². The van der Waals surface area contributed by atoms with Gasteiger partial charge >= 0.3 is 0 Å². The van der Waals surface area contributed by atoms with Gasteiger partial charge in [-0.05, 0) is 0 Å². The van der Waals surface area contributed by atoms with Crippen molar-refractivity contribution in [2.24, 2.45) is 16.5 Å². The molecule has 0 saturated heterocycles. The van der Waals surface area contributed by atoms with Gasteiger partial charge in [0.05, 0.1) is 11.6 Å². The lowest BCUT2D eigenvalue weighted by molar-refractivity contribution is -0.122. The molecule has 0 radical (unpaired) electrons. The van der Waals surface area contributed by atoms with Crippen LogP contribution < -0.4 is 16.9 Å². The van der Waals surface area contributed by atoms with Crippen LogP contribution in [0.2, 0.25) is 0 Å². The average molecular weight is 284 g/mol. The Kier molecular flexibility index (Phi) is 3.72. The van der Waals surface area contributed by atoms with Gasteiger partial charge < -0.3 is 11.5 Å². The van der Waals surface area contributed by atoms with Crippen molar-refractivity contribution in [3.8, 4) is 0 Å². The first-order chi connectivity index (χ1) is 8.56. The van der Waals surface area contributed by atoms with Crippen molar-refractivity contribution < 1.29 is 4.79 Å². The van der Waals surface area contributed by atoms with E-state index in [0.717, 1.165) is 11.4 Å². The van der Waals surface area contributed by atoms with Crippen LogP contribution in [0.4, 0.5) is 5.13 Å². The van der Waals surface area contributed by atoms with Crippen LogP contribution in [-0.2, 0) is 4.79 Å². The molecule has 0 spiro atoms. The first kappa shape index (κ1) is 12.7. The number of rotatable bonds is 3. The summed E-state index contributed by atoms with van der Waals surface area (Å²) in [5, 5.41) is 6.01. The van der Waals surface area contributed by atoms with Gasteiger partial charge in [0.2, 0.25) is 11.0 Å². The molecule has 0 bridgehead atoms. The first-order valence-electron chi connectivity index (χ1n) is 4.98. The van der Waals surface area contributed by atoms with Gasteiger partial charge in [-0.2, -0.15) is 4.99 Å². The summed E-state index contributed by atoms with van der Waals surface area (Å²) >= 11 is 2.92. The van der Waals surface area contributed by atoms with E-state index in [4.69, 9.17) is 11.5 Å². The molecule has 1 aliphatic heterocycles. The van der Waals surface area contributed by atoms with Crippen molar-refractivity contribution >= 4 is 45.8 Å². The zero-order valence-corrected chi connectivity index (χ0v) is 11.2. The number of aliphatic imine (C=N–C) groups is 1. The van der Waals surface area contributed by atoms with E-state index in [0.29, 0.717) is 11.0 Å². The van der Waals surface area contributed by atoms with Crippen LogP contribution in [0.15, 0.2) is 15.8 Å². The molecule has 0 aromatic carbocycles. The van der Waals surface area contributed by atoms with Crippen molar-refractivity contribution in [3.05, 3.63) is 16.5 Å². The molecule has 9 heteroatoms. The van der Waals surface area contributed by atoms with Gasteiger partial charge in [0.1, 0.15) is 5.69 Å². The van der Waals surface area contributed by atoms with Crippen molar-refractivity contribution in [2.75, 3.05) is 5.88 Å². The Morgan fingerprint density at radius 1 is 1.61 bits per heavy atom. The smallest absolute Gasteiger partial charge is 0.235 e. The summed E-state index contributed by atoms with van der Waals surface area (Å²) in [6.07, 6.45) is 0. The van der Waals surface area contributed by atoms with Crippen LogP contribution >= 0.6 is 23.1 Å². The lowest BCUT2D eigenvalue weighted by Crippen LogP contribution is -2.37. The van der Waals surface area contributed by atoms with Gasteiger partial charge in [-0.1, -0.05) is 0 Å². The summed E-state index contributed by atoms with van der Waals surface area (Å²) in [6, 6.07) is 0. The zero-order chi connectivity index (χ0) is 13.1. The molecule has 2 heterocycles. The van der Waals surface area contributed by atoms with Crippen LogP contribution in [0.25, 0.3) is 5.70 Å². The fraction of sp³-hybridized carbons (Fsp3) is 0.222. The van der Waals surface area contributed by atoms with Crippen LogP contribution in [-0.4, -0.2) is 27.7 Å². The van der Waals surface area contributed by atoms with Gasteiger partial charge in [-0.3, -0.25) is 15.2 Å². The SMILES string of the molecule is CC(=O)NN1CSC=C1c1csc(N=C(N)N)n1. The highest BCUT2D eigenvalue weighted by molar-refractivity contribution is 8.02. The highest BCUT2D eigenvalue weighted by atomic mass is 32.2. The first-order valence-corrected chi connectivity index (χ1v) is 6.91. The molecule has 2 rings (SSSR count). The third kappa shape index (κ3) is 2.93. The van der Waals surface area contributed by atoms with E-state index in [1.54, 1.807) is 16.8 Å². The molecule has 0 fully saturated rings. The number of amides is 1. The van der Waals surface area contributed by atoms with Gasteiger partial charge in [0.25, 0.3) is 0 Å². The third-order valence-electron chi connectivity index (χ3n) is 1.96. The molecular formula is C9H12N6OS2. The molecule has 0 aliphatic carbocycles. The number of hydrogen-bond acceptors (Lipinski definition) is 6. The number of nitrogens with one attached hydrogen (secondary N) is 1. The molecule has 7 nitrogen and oxygen atoms in total. The minimum atomic E-state index is -0.122. The number of hydrogen-bond donors (Lipinski definition) is 3. The molecule has 1 aromatic heterocycles. The highest BCUT2D eigenvalue weighted by Gasteiger charge is 2.20. The second-order valence-electron chi connectivity index (χ2n) is 3.45. The molecule has 5 N–H and O–H groups in total. The van der Waals surface area contributed by atoms with E-state index >= 15 is 0 Å². The normalized spacial score (nSPS) is 14.3. The fourth-order valence-corrected chi connectivity index (χ4v) is 2.88. The van der Waals surface area contributed by atoms with E-state index in [1.807, 2.05) is 10.8 Å². The average Bonchev–Trinajstić information content (AvgIpc) is 2.85. The number of nitrogens with zero attached hydrogens (tertiary/aromatic N) is 3. The minimum absolute atomic E-state index is 0.0237. The number of nitrogens with two attached hydrogens (primary N) is 2. The fourth-order valence-electron chi connectivity index (χ4n) is 1.35. The van der Waals surface area contributed by atoms with E-state index in [1.165, 1.54) is 18.3 Å². The maximum absolute atomic E-state index is 11.1. The summed E-state index contributed by atoms with van der Waals surface area (Å²) in [6.45, 7) is 1.46. The Morgan fingerprint density at radius 2 is 2.39 bits per heavy atom. The maximum atomic E-state index is 11.1. The maximum Gasteiger partial charge on any atom is 0.235 e. The summed E-state index contributed by atoms with van der Waals surface area (Å²) in [4.78, 5) is 19.2. The molecule has 0 unspecified atom stereocenters. The highest BCUT2D eigenvalue weighted by Crippen LogP contribution is 2.31. The molecular weight excluding hydrogens is 272 g/mol. The number of hydrazine groups is 1. The lowest BCUT2D eigenvalue weighted by atomic mass is 10.4. The van der Waals surface area contributed by atoms with Crippen LogP contribution in [0.1, 0.15) is 12.6 Å². The van der Waals surface area contributed by atoms with Crippen molar-refractivity contribution in [2.45, 2.75) is 6.92 Å². The second kappa shape index (κ2) is 5.27. The Bertz CT molecular complexity index is 519. The number of carbonyl (C=O) groups is 1. The van der Waals surface area contributed by atoms with Gasteiger partial charge in [0, 0.05) is 17.7 Å². The number of thioether (sulfide) groups is 1. The third-order valence-corrected chi connectivity index (χ3v) is 3.49. The Labute approximate surface area is 112 Å². The van der Waals surface area contributed by atoms with Crippen molar-refractivity contribution in [1.82, 2.24) is 15.4 Å². The van der Waals surface area contributed by atoms with E-state index in [2.05, 4.69) is 15.4 Å². The Morgan fingerprint density at radius 3 is 3.06 bits per heavy atom. The van der Waals surface area contributed by atoms with E-state index in [-0.39, 0.29) is 11.9 Å². The Hall–Kier alpha value is -1.74. The summed E-state index contributed by atoms with van der Waals surface area (Å²) < 4.78 is 0. The summed E-state index contributed by atoms with van der Waals surface area (Å²) in [5.74, 6) is 0.511. The van der Waals surface area contributed by atoms with E-state index < -0.39 is 0 Å². The van der Waals surface area contributed by atoms with Crippen molar-refractivity contribution in [3.63, 3.8) is 0 Å². The number of aromatic nitrogens is 1. The Balaban J connectivity index is 2.18. The van der Waals surface area contributed by atoms with Gasteiger partial charge in [-0.15, -0.1) is 23.1 Å². The quantitative estimate of drug-likeness (QED) is 0.547. The molecule has 1 aromatic rings. The minimum Gasteiger partial charge on any atom is -0.370 e. The van der Waals surface area contributed by atoms with Crippen LogP contribution in [0.5, 0.6) is 0 Å². The largest absolute Gasteiger partial charge is 0.370 e. The monoisotopic (exact) mass is 284 g/mol. The number of carbonyl (C=O) groups excluding carboxylic acids is 1. The summed E-state index contributed by atoms with van der Waals surface area (Å²) in [5.41, 5.74) is 14.9. The number of guanidine groups is 1. The molecule has 1 amide bonds. The number of thiazole rings is 1. The predicted molar refractivity (Wildman–Crippen MR) is 73.7 cm³/mol. The molecule has 18 heavy (non-hydrogen) atoms. The molecule has 0 saturated carbocycles. The van der Waals surface area contributed by atoms with E-state index in [9.17, 15) is 4.79 Å². The topological polar surface area (TPSA) is 110 Å². The molecule has 1 aliphatic rings. The predicted octanol–water partition coefficient (Wildman–Crippen LogP) is 0.404. The lowest BCUT2D eigenvalue weighted by Gasteiger charge is -2.19. The standard InChI is InChI=1S/C9H12N6OS2/c1-5(16)14-15-4-17-3-7(15)6-2-18-9(12-6)13-8(10)11/h2-3H,4H2,1H3,(H,14,16)(H4,10,11,12,13). The van der Waals surface area contributed by atoms with Gasteiger partial charge in [-0.25, -0.2) is 4.98 Å². The van der Waals surface area contributed by atoms with Crippen molar-refractivity contribution in [1.29, 1.82) is 0 Å². The zero-order valence-electron chi connectivity index (χ0n) is 9.58. The summed E-state index contributed by atoms with van der Waals surface area (Å²) in [7, 11) is 0. The van der Waals surface area contributed by atoms with Crippen LogP contribution in [0, 0.1) is 0 Å². The molecule has 96 valence electrons.